The van der Waals surface area contributed by atoms with Crippen LogP contribution < -0.4 is 11.1 Å². The summed E-state index contributed by atoms with van der Waals surface area (Å²) in [6, 6.07) is 16.2. The fraction of sp³-hybridized carbons (Fsp3) is 0.176. The molecule has 1 aromatic heterocycles. The van der Waals surface area contributed by atoms with Crippen LogP contribution in [0.15, 0.2) is 48.5 Å². The zero-order valence-corrected chi connectivity index (χ0v) is 12.0. The number of para-hydroxylation sites is 2. The molecule has 0 bridgehead atoms. The second kappa shape index (κ2) is 5.79. The van der Waals surface area contributed by atoms with Gasteiger partial charge in [-0.1, -0.05) is 42.0 Å². The Labute approximate surface area is 124 Å². The normalized spacial score (nSPS) is 10.7. The Bertz CT molecular complexity index is 768. The average Bonchev–Trinajstić information content (AvgIpc) is 2.48. The molecule has 0 spiro atoms. The smallest absolute Gasteiger partial charge is 0.169 e. The van der Waals surface area contributed by atoms with Gasteiger partial charge < -0.3 is 11.1 Å². The minimum Gasteiger partial charge on any atom is -0.381 e. The van der Waals surface area contributed by atoms with Gasteiger partial charge >= 0.3 is 0 Å². The summed E-state index contributed by atoms with van der Waals surface area (Å²) in [5, 5.41) is 3.27. The highest BCUT2D eigenvalue weighted by atomic mass is 15.1. The van der Waals surface area contributed by atoms with Crippen LogP contribution in [-0.4, -0.2) is 16.5 Å². The van der Waals surface area contributed by atoms with E-state index in [0.29, 0.717) is 11.6 Å². The lowest BCUT2D eigenvalue weighted by Gasteiger charge is -2.09. The Balaban J connectivity index is 1.71. The van der Waals surface area contributed by atoms with Crippen LogP contribution in [-0.2, 0) is 6.42 Å². The molecule has 1 heterocycles. The Morgan fingerprint density at radius 2 is 1.76 bits per heavy atom. The molecule has 3 aromatic rings. The number of nitrogen functional groups attached to an aromatic ring is 1. The van der Waals surface area contributed by atoms with Crippen molar-refractivity contribution in [1.29, 1.82) is 0 Å². The van der Waals surface area contributed by atoms with Crippen LogP contribution in [0.2, 0.25) is 0 Å². The minimum absolute atomic E-state index is 0.443. The molecule has 0 aliphatic carbocycles. The Morgan fingerprint density at radius 3 is 2.52 bits per heavy atom. The van der Waals surface area contributed by atoms with E-state index >= 15 is 0 Å². The van der Waals surface area contributed by atoms with Gasteiger partial charge in [0.05, 0.1) is 11.0 Å². The number of aromatic nitrogens is 2. The van der Waals surface area contributed by atoms with E-state index in [0.717, 1.165) is 24.0 Å². The molecule has 0 saturated carbocycles. The molecule has 3 rings (SSSR count). The first kappa shape index (κ1) is 13.4. The van der Waals surface area contributed by atoms with Crippen LogP contribution in [0.25, 0.3) is 11.0 Å². The van der Waals surface area contributed by atoms with Crippen molar-refractivity contribution in [3.05, 3.63) is 59.7 Å². The summed E-state index contributed by atoms with van der Waals surface area (Å²) in [4.78, 5) is 8.89. The van der Waals surface area contributed by atoms with Crippen LogP contribution in [0.1, 0.15) is 11.1 Å². The lowest BCUT2D eigenvalue weighted by molar-refractivity contribution is 1.00. The third-order valence-electron chi connectivity index (χ3n) is 3.39. The van der Waals surface area contributed by atoms with Gasteiger partial charge in [-0.25, -0.2) is 9.97 Å². The molecule has 4 heteroatoms. The third-order valence-corrected chi connectivity index (χ3v) is 3.39. The third kappa shape index (κ3) is 3.11. The van der Waals surface area contributed by atoms with E-state index in [-0.39, 0.29) is 0 Å². The zero-order chi connectivity index (χ0) is 14.7. The van der Waals surface area contributed by atoms with Crippen LogP contribution >= 0.6 is 0 Å². The highest BCUT2D eigenvalue weighted by Gasteiger charge is 2.05. The van der Waals surface area contributed by atoms with Crippen molar-refractivity contribution >= 4 is 22.7 Å². The predicted molar refractivity (Wildman–Crippen MR) is 87.3 cm³/mol. The molecule has 3 N–H and O–H groups in total. The number of hydrogen-bond donors (Lipinski definition) is 2. The molecular formula is C17H18N4. The van der Waals surface area contributed by atoms with E-state index in [1.165, 1.54) is 11.1 Å². The van der Waals surface area contributed by atoms with Crippen LogP contribution in [0.3, 0.4) is 0 Å². The van der Waals surface area contributed by atoms with Crippen LogP contribution in [0, 0.1) is 6.92 Å². The molecule has 0 atom stereocenters. The first-order valence-corrected chi connectivity index (χ1v) is 7.04. The maximum absolute atomic E-state index is 5.95. The second-order valence-electron chi connectivity index (χ2n) is 5.11. The first-order chi connectivity index (χ1) is 10.2. The molecule has 0 unspecified atom stereocenters. The van der Waals surface area contributed by atoms with Gasteiger partial charge in [-0.15, -0.1) is 0 Å². The fourth-order valence-corrected chi connectivity index (χ4v) is 2.34. The summed E-state index contributed by atoms with van der Waals surface area (Å²) in [7, 11) is 0. The molecule has 0 aliphatic heterocycles. The van der Waals surface area contributed by atoms with Crippen molar-refractivity contribution in [2.75, 3.05) is 17.6 Å². The highest BCUT2D eigenvalue weighted by Crippen LogP contribution is 2.18. The lowest BCUT2D eigenvalue weighted by Crippen LogP contribution is -2.10. The van der Waals surface area contributed by atoms with Gasteiger partial charge in [0.1, 0.15) is 0 Å². The molecule has 2 aromatic carbocycles. The maximum atomic E-state index is 5.95. The fourth-order valence-electron chi connectivity index (χ4n) is 2.34. The standard InChI is InChI=1S/C17H18N4/c1-12-5-4-6-13(11-12)9-10-19-17-16(18)20-14-7-2-3-8-15(14)21-17/h2-8,11H,9-10H2,1H3,(H2,18,20)(H,19,21). The van der Waals surface area contributed by atoms with E-state index in [1.54, 1.807) is 0 Å². The quantitative estimate of drug-likeness (QED) is 0.769. The lowest BCUT2D eigenvalue weighted by atomic mass is 10.1. The van der Waals surface area contributed by atoms with Crippen molar-refractivity contribution < 1.29 is 0 Å². The topological polar surface area (TPSA) is 63.8 Å². The molecule has 0 saturated heterocycles. The van der Waals surface area contributed by atoms with Crippen LogP contribution in [0.4, 0.5) is 11.6 Å². The predicted octanol–water partition coefficient (Wildman–Crippen LogP) is 3.18. The van der Waals surface area contributed by atoms with Gasteiger partial charge in [0.2, 0.25) is 0 Å². The average molecular weight is 278 g/mol. The summed E-state index contributed by atoms with van der Waals surface area (Å²) < 4.78 is 0. The van der Waals surface area contributed by atoms with Crippen molar-refractivity contribution in [3.8, 4) is 0 Å². The number of nitrogens with one attached hydrogen (secondary N) is 1. The van der Waals surface area contributed by atoms with Gasteiger partial charge in [-0.3, -0.25) is 0 Å². The molecular weight excluding hydrogens is 260 g/mol. The van der Waals surface area contributed by atoms with Crippen molar-refractivity contribution in [2.24, 2.45) is 0 Å². The molecule has 21 heavy (non-hydrogen) atoms. The van der Waals surface area contributed by atoms with E-state index < -0.39 is 0 Å². The van der Waals surface area contributed by atoms with Gasteiger partial charge in [0, 0.05) is 6.54 Å². The summed E-state index contributed by atoms with van der Waals surface area (Å²) in [5.74, 6) is 1.10. The monoisotopic (exact) mass is 278 g/mol. The van der Waals surface area contributed by atoms with Gasteiger partial charge in [-0.05, 0) is 31.0 Å². The number of fused-ring (bicyclic) bond motifs is 1. The Morgan fingerprint density at radius 1 is 1.00 bits per heavy atom. The van der Waals surface area contributed by atoms with Crippen LogP contribution in [0.5, 0.6) is 0 Å². The van der Waals surface area contributed by atoms with Crippen molar-refractivity contribution in [3.63, 3.8) is 0 Å². The SMILES string of the molecule is Cc1cccc(CCNc2nc3ccccc3nc2N)c1. The molecule has 0 amide bonds. The summed E-state index contributed by atoms with van der Waals surface area (Å²) in [6.45, 7) is 2.88. The van der Waals surface area contributed by atoms with E-state index in [4.69, 9.17) is 5.73 Å². The van der Waals surface area contributed by atoms with E-state index in [9.17, 15) is 0 Å². The van der Waals surface area contributed by atoms with Gasteiger partial charge in [-0.2, -0.15) is 0 Å². The van der Waals surface area contributed by atoms with E-state index in [2.05, 4.69) is 46.5 Å². The van der Waals surface area contributed by atoms with E-state index in [1.807, 2.05) is 24.3 Å². The summed E-state index contributed by atoms with van der Waals surface area (Å²) in [6.07, 6.45) is 0.926. The molecule has 0 radical (unpaired) electrons. The van der Waals surface area contributed by atoms with Crippen molar-refractivity contribution in [1.82, 2.24) is 9.97 Å². The number of anilines is 2. The number of aryl methyl sites for hydroxylation is 1. The number of nitrogens with zero attached hydrogens (tertiary/aromatic N) is 2. The Hall–Kier alpha value is -2.62. The van der Waals surface area contributed by atoms with Gasteiger partial charge in [0.15, 0.2) is 11.6 Å². The molecule has 4 nitrogen and oxygen atoms in total. The number of hydrogen-bond acceptors (Lipinski definition) is 4. The second-order valence-corrected chi connectivity index (χ2v) is 5.11. The van der Waals surface area contributed by atoms with Gasteiger partial charge in [0.25, 0.3) is 0 Å². The molecule has 106 valence electrons. The van der Waals surface area contributed by atoms with Crippen molar-refractivity contribution in [2.45, 2.75) is 13.3 Å². The minimum atomic E-state index is 0.443. The largest absolute Gasteiger partial charge is 0.381 e. The first-order valence-electron chi connectivity index (χ1n) is 7.04. The zero-order valence-electron chi connectivity index (χ0n) is 12.0. The number of nitrogens with two attached hydrogens (primary N) is 1. The maximum Gasteiger partial charge on any atom is 0.169 e. The number of benzene rings is 2. The molecule has 0 aliphatic rings. The Kier molecular flexibility index (Phi) is 3.69. The summed E-state index contributed by atoms with van der Waals surface area (Å²) >= 11 is 0. The summed E-state index contributed by atoms with van der Waals surface area (Å²) in [5.41, 5.74) is 10.2. The number of rotatable bonds is 4. The molecule has 0 fully saturated rings. The highest BCUT2D eigenvalue weighted by molar-refractivity contribution is 5.79.